The number of nitrogens with one attached hydrogen (secondary N) is 2. The third kappa shape index (κ3) is 3.85. The number of Topliss-reactive ketones (excluding diaryl/α,β-unsaturated/α-hetero) is 1. The smallest absolute Gasteiger partial charge is 0.450 e. The Morgan fingerprint density at radius 3 is 2.34 bits per heavy atom. The summed E-state index contributed by atoms with van der Waals surface area (Å²) in [5.74, 6) is -4.32. The van der Waals surface area contributed by atoms with Gasteiger partial charge in [0.15, 0.2) is 5.72 Å². The molecule has 0 aliphatic carbocycles. The van der Waals surface area contributed by atoms with Crippen molar-refractivity contribution in [1.82, 2.24) is 10.6 Å². The highest BCUT2D eigenvalue weighted by molar-refractivity contribution is 6.33. The first-order valence-corrected chi connectivity index (χ1v) is 9.81. The Bertz CT molecular complexity index is 1170. The maximum atomic E-state index is 13.6. The Hall–Kier alpha value is -3.30. The molecule has 2 amide bonds. The van der Waals surface area contributed by atoms with Crippen LogP contribution >= 0.6 is 11.6 Å². The summed E-state index contributed by atoms with van der Waals surface area (Å²) in [7, 11) is 0. The molecule has 3 atom stereocenters. The molecule has 0 saturated carbocycles. The first kappa shape index (κ1) is 21.9. The predicted molar refractivity (Wildman–Crippen MR) is 108 cm³/mol. The predicted octanol–water partition coefficient (Wildman–Crippen LogP) is 4.55. The fourth-order valence-corrected chi connectivity index (χ4v) is 4.00. The number of amides is 2. The van der Waals surface area contributed by atoms with Crippen molar-refractivity contribution in [3.8, 4) is 11.3 Å². The molecule has 6 nitrogen and oxygen atoms in total. The van der Waals surface area contributed by atoms with E-state index in [4.69, 9.17) is 16.0 Å². The topological polar surface area (TPSA) is 91.6 Å². The van der Waals surface area contributed by atoms with E-state index in [9.17, 15) is 27.9 Å². The lowest BCUT2D eigenvalue weighted by Gasteiger charge is -2.44. The van der Waals surface area contributed by atoms with E-state index in [0.717, 1.165) is 0 Å². The number of ketones is 1. The summed E-state index contributed by atoms with van der Waals surface area (Å²) in [5.41, 5.74) is -2.25. The van der Waals surface area contributed by atoms with Crippen molar-refractivity contribution in [3.63, 3.8) is 0 Å². The minimum atomic E-state index is -5.28. The Labute approximate surface area is 185 Å². The molecule has 4 rings (SSSR count). The number of hydrogen-bond donors (Lipinski definition) is 3. The number of furan rings is 1. The maximum absolute atomic E-state index is 13.6. The van der Waals surface area contributed by atoms with E-state index in [0.29, 0.717) is 10.6 Å². The van der Waals surface area contributed by atoms with Gasteiger partial charge in [-0.25, -0.2) is 4.79 Å². The van der Waals surface area contributed by atoms with Crippen LogP contribution in [0.15, 0.2) is 71.1 Å². The third-order valence-electron chi connectivity index (χ3n) is 5.22. The van der Waals surface area contributed by atoms with Gasteiger partial charge in [-0.2, -0.15) is 13.2 Å². The van der Waals surface area contributed by atoms with Crippen LogP contribution < -0.4 is 10.6 Å². The Morgan fingerprint density at radius 1 is 1.03 bits per heavy atom. The fraction of sp³-hybridized carbons (Fsp3) is 0.182. The van der Waals surface area contributed by atoms with Crippen molar-refractivity contribution in [2.45, 2.75) is 17.9 Å². The molecule has 3 aromatic rings. The zero-order chi connectivity index (χ0) is 23.1. The lowest BCUT2D eigenvalue weighted by Crippen LogP contribution is -2.66. The quantitative estimate of drug-likeness (QED) is 0.528. The summed E-state index contributed by atoms with van der Waals surface area (Å²) in [5, 5.41) is 16.0. The van der Waals surface area contributed by atoms with Crippen molar-refractivity contribution >= 4 is 23.4 Å². The van der Waals surface area contributed by atoms with Crippen molar-refractivity contribution in [3.05, 3.63) is 83.1 Å². The molecule has 1 aliphatic heterocycles. The van der Waals surface area contributed by atoms with Crippen molar-refractivity contribution in [2.24, 2.45) is 5.92 Å². The third-order valence-corrected chi connectivity index (χ3v) is 5.55. The van der Waals surface area contributed by atoms with Crippen LogP contribution in [0, 0.1) is 5.92 Å². The highest BCUT2D eigenvalue weighted by Crippen LogP contribution is 2.44. The van der Waals surface area contributed by atoms with Crippen molar-refractivity contribution < 1.29 is 32.3 Å². The van der Waals surface area contributed by atoms with E-state index in [-0.39, 0.29) is 17.1 Å². The van der Waals surface area contributed by atoms with Crippen LogP contribution in [0.25, 0.3) is 11.3 Å². The molecule has 0 bridgehead atoms. The molecule has 2 heterocycles. The number of benzene rings is 2. The molecule has 1 aliphatic rings. The molecule has 10 heteroatoms. The first-order chi connectivity index (χ1) is 15.1. The second kappa shape index (κ2) is 7.99. The number of carbonyl (C=O) groups excluding carboxylic acids is 2. The monoisotopic (exact) mass is 464 g/mol. The Morgan fingerprint density at radius 2 is 1.69 bits per heavy atom. The standard InChI is InChI=1S/C22H16ClF3N2O4/c23-14-9-5-4-8-13(14)15-10-11-16(32-15)18-17(19(29)22(24,25)26)21(31,28-20(30)27-18)12-6-2-1-3-7-12/h1-11,17-18,31H,(H2,27,28,30). The zero-order valence-electron chi connectivity index (χ0n) is 16.2. The molecule has 3 N–H and O–H groups in total. The van der Waals surface area contributed by atoms with Gasteiger partial charge >= 0.3 is 12.2 Å². The van der Waals surface area contributed by atoms with Gasteiger partial charge in [0.1, 0.15) is 23.5 Å². The van der Waals surface area contributed by atoms with Gasteiger partial charge in [-0.1, -0.05) is 54.1 Å². The summed E-state index contributed by atoms with van der Waals surface area (Å²) >= 11 is 6.16. The van der Waals surface area contributed by atoms with Gasteiger partial charge in [-0.3, -0.25) is 4.79 Å². The number of hydrogen-bond acceptors (Lipinski definition) is 4. The summed E-state index contributed by atoms with van der Waals surface area (Å²) in [6.07, 6.45) is -5.28. The molecule has 3 unspecified atom stereocenters. The molecule has 32 heavy (non-hydrogen) atoms. The largest absolute Gasteiger partial charge is 0.459 e. The molecule has 1 aromatic heterocycles. The highest BCUT2D eigenvalue weighted by atomic mass is 35.5. The normalized spacial score (nSPS) is 23.3. The summed E-state index contributed by atoms with van der Waals surface area (Å²) in [4.78, 5) is 24.8. The van der Waals surface area contributed by atoms with E-state index >= 15 is 0 Å². The van der Waals surface area contributed by atoms with Crippen LogP contribution in [-0.4, -0.2) is 23.1 Å². The van der Waals surface area contributed by atoms with Crippen LogP contribution in [0.1, 0.15) is 17.4 Å². The van der Waals surface area contributed by atoms with Gasteiger partial charge in [0.25, 0.3) is 0 Å². The minimum absolute atomic E-state index is 0.0830. The number of rotatable bonds is 4. The van der Waals surface area contributed by atoms with Crippen LogP contribution in [0.3, 0.4) is 0 Å². The van der Waals surface area contributed by atoms with E-state index in [2.05, 4.69) is 10.6 Å². The average Bonchev–Trinajstić information content (AvgIpc) is 3.23. The highest BCUT2D eigenvalue weighted by Gasteiger charge is 2.60. The minimum Gasteiger partial charge on any atom is -0.459 e. The van der Waals surface area contributed by atoms with Crippen LogP contribution in [-0.2, 0) is 10.5 Å². The van der Waals surface area contributed by atoms with Crippen LogP contribution in [0.4, 0.5) is 18.0 Å². The summed E-state index contributed by atoms with van der Waals surface area (Å²) in [6, 6.07) is 14.0. The van der Waals surface area contributed by atoms with Crippen molar-refractivity contribution in [1.29, 1.82) is 0 Å². The number of urea groups is 1. The molecule has 2 aromatic carbocycles. The molecule has 0 spiro atoms. The maximum Gasteiger partial charge on any atom is 0.450 e. The molecule has 0 radical (unpaired) electrons. The first-order valence-electron chi connectivity index (χ1n) is 9.43. The molecule has 166 valence electrons. The van der Waals surface area contributed by atoms with E-state index < -0.39 is 35.7 Å². The number of aliphatic hydroxyl groups is 1. The van der Waals surface area contributed by atoms with Gasteiger partial charge in [0.05, 0.1) is 5.02 Å². The van der Waals surface area contributed by atoms with Crippen molar-refractivity contribution in [2.75, 3.05) is 0 Å². The van der Waals surface area contributed by atoms with E-state index in [1.165, 1.54) is 36.4 Å². The van der Waals surface area contributed by atoms with Gasteiger partial charge in [-0.05, 0) is 24.3 Å². The molecule has 1 saturated heterocycles. The van der Waals surface area contributed by atoms with Crippen LogP contribution in [0.5, 0.6) is 0 Å². The number of halogens is 4. The van der Waals surface area contributed by atoms with Gasteiger partial charge in [0.2, 0.25) is 5.78 Å². The van der Waals surface area contributed by atoms with Crippen LogP contribution in [0.2, 0.25) is 5.02 Å². The second-order valence-corrected chi connectivity index (χ2v) is 7.64. The zero-order valence-corrected chi connectivity index (χ0v) is 16.9. The molecular weight excluding hydrogens is 449 g/mol. The van der Waals surface area contributed by atoms with Gasteiger partial charge in [0, 0.05) is 11.1 Å². The molecular formula is C22H16ClF3N2O4. The Kier molecular flexibility index (Phi) is 5.47. The fourth-order valence-electron chi connectivity index (χ4n) is 3.78. The van der Waals surface area contributed by atoms with Gasteiger partial charge in [-0.15, -0.1) is 0 Å². The Balaban J connectivity index is 1.84. The second-order valence-electron chi connectivity index (χ2n) is 7.23. The van der Waals surface area contributed by atoms with E-state index in [1.807, 2.05) is 0 Å². The lowest BCUT2D eigenvalue weighted by atomic mass is 9.77. The van der Waals surface area contributed by atoms with E-state index in [1.54, 1.807) is 30.3 Å². The van der Waals surface area contributed by atoms with Gasteiger partial charge < -0.3 is 20.2 Å². The SMILES string of the molecule is O=C1NC(c2ccc(-c3ccccc3Cl)o2)C(C(=O)C(F)(F)F)C(O)(c2ccccc2)N1. The lowest BCUT2D eigenvalue weighted by molar-refractivity contribution is -0.190. The number of carbonyl (C=O) groups is 2. The summed E-state index contributed by atoms with van der Waals surface area (Å²) in [6.45, 7) is 0. The average molecular weight is 465 g/mol. The summed E-state index contributed by atoms with van der Waals surface area (Å²) < 4.78 is 46.4. The number of alkyl halides is 3. The molecule has 1 fully saturated rings.